The minimum atomic E-state index is 0.183. The molecule has 1 aliphatic rings. The van der Waals surface area contributed by atoms with Gasteiger partial charge in [-0.1, -0.05) is 58.2 Å². The van der Waals surface area contributed by atoms with Crippen LogP contribution < -0.4 is 0 Å². The molecule has 1 aromatic heterocycles. The van der Waals surface area contributed by atoms with Crippen molar-refractivity contribution in [1.82, 2.24) is 9.97 Å². The van der Waals surface area contributed by atoms with Crippen molar-refractivity contribution in [3.05, 3.63) is 58.7 Å². The van der Waals surface area contributed by atoms with E-state index in [9.17, 15) is 0 Å². The van der Waals surface area contributed by atoms with Gasteiger partial charge in [0.05, 0.1) is 0 Å². The van der Waals surface area contributed by atoms with E-state index in [1.54, 1.807) is 0 Å². The van der Waals surface area contributed by atoms with E-state index in [-0.39, 0.29) is 5.41 Å². The van der Waals surface area contributed by atoms with Gasteiger partial charge in [0, 0.05) is 18.3 Å². The minimum Gasteiger partial charge on any atom is -0.241 e. The molecule has 1 fully saturated rings. The third-order valence-corrected chi connectivity index (χ3v) is 5.58. The number of rotatable bonds is 4. The van der Waals surface area contributed by atoms with Crippen LogP contribution in [0.15, 0.2) is 30.6 Å². The summed E-state index contributed by atoms with van der Waals surface area (Å²) in [5.41, 5.74) is 5.79. The first-order valence-electron chi connectivity index (χ1n) is 9.85. The molecule has 0 atom stereocenters. The molecular formula is C23H32N2. The molecule has 2 nitrogen and oxygen atoms in total. The Labute approximate surface area is 153 Å². The number of aromatic nitrogens is 2. The van der Waals surface area contributed by atoms with Gasteiger partial charge in [-0.05, 0) is 60.3 Å². The van der Waals surface area contributed by atoms with E-state index in [0.717, 1.165) is 18.7 Å². The minimum absolute atomic E-state index is 0.183. The average Bonchev–Trinajstić information content (AvgIpc) is 2.61. The highest BCUT2D eigenvalue weighted by atomic mass is 14.9. The van der Waals surface area contributed by atoms with Gasteiger partial charge in [0.15, 0.2) is 0 Å². The Balaban J connectivity index is 1.70. The van der Waals surface area contributed by atoms with Crippen molar-refractivity contribution in [3.8, 4) is 0 Å². The van der Waals surface area contributed by atoms with Crippen molar-refractivity contribution in [2.24, 2.45) is 0 Å². The molecule has 0 bridgehead atoms. The maximum Gasteiger partial charge on any atom is 0.131 e. The van der Waals surface area contributed by atoms with Gasteiger partial charge in [0.1, 0.15) is 5.82 Å². The number of hydrogen-bond donors (Lipinski definition) is 0. The standard InChI is InChI=1S/C23H32N2/c1-17-9-8-12-21(23(2,3)4)20(17)14-13-18-15-24-22(25-16-18)19-10-6-5-7-11-19/h8-9,12,15-16,19H,5-7,10-11,13-14H2,1-4H3. The third-order valence-electron chi connectivity index (χ3n) is 5.58. The number of benzene rings is 1. The molecule has 1 aromatic carbocycles. The molecular weight excluding hydrogens is 304 g/mol. The van der Waals surface area contributed by atoms with Crippen LogP contribution in [0.25, 0.3) is 0 Å². The van der Waals surface area contributed by atoms with E-state index in [1.165, 1.54) is 54.4 Å². The third kappa shape index (κ3) is 4.48. The second kappa shape index (κ2) is 7.68. The zero-order valence-corrected chi connectivity index (χ0v) is 16.3. The molecule has 3 rings (SSSR count). The second-order valence-corrected chi connectivity index (χ2v) is 8.64. The molecule has 0 radical (unpaired) electrons. The Morgan fingerprint density at radius 3 is 2.28 bits per heavy atom. The van der Waals surface area contributed by atoms with Gasteiger partial charge in [-0.3, -0.25) is 0 Å². The van der Waals surface area contributed by atoms with Gasteiger partial charge in [0.2, 0.25) is 0 Å². The highest BCUT2D eigenvalue weighted by Gasteiger charge is 2.20. The van der Waals surface area contributed by atoms with Gasteiger partial charge in [0.25, 0.3) is 0 Å². The van der Waals surface area contributed by atoms with Gasteiger partial charge >= 0.3 is 0 Å². The molecule has 2 heteroatoms. The summed E-state index contributed by atoms with van der Waals surface area (Å²) in [6.07, 6.45) is 12.8. The molecule has 1 aliphatic carbocycles. The molecule has 0 saturated heterocycles. The van der Waals surface area contributed by atoms with E-state index >= 15 is 0 Å². The lowest BCUT2D eigenvalue weighted by molar-refractivity contribution is 0.428. The molecule has 0 N–H and O–H groups in total. The van der Waals surface area contributed by atoms with Crippen LogP contribution in [0.5, 0.6) is 0 Å². The largest absolute Gasteiger partial charge is 0.241 e. The van der Waals surface area contributed by atoms with E-state index in [0.29, 0.717) is 5.92 Å². The zero-order chi connectivity index (χ0) is 17.9. The zero-order valence-electron chi connectivity index (χ0n) is 16.3. The SMILES string of the molecule is Cc1cccc(C(C)(C)C)c1CCc1cnc(C2CCCCC2)nc1. The van der Waals surface area contributed by atoms with Gasteiger partial charge < -0.3 is 0 Å². The lowest BCUT2D eigenvalue weighted by atomic mass is 9.81. The fourth-order valence-corrected chi connectivity index (χ4v) is 4.07. The van der Waals surface area contributed by atoms with Crippen LogP contribution in [-0.2, 0) is 18.3 Å². The summed E-state index contributed by atoms with van der Waals surface area (Å²) in [6, 6.07) is 6.69. The van der Waals surface area contributed by atoms with E-state index in [1.807, 2.05) is 0 Å². The van der Waals surface area contributed by atoms with E-state index in [2.05, 4.69) is 58.3 Å². The Morgan fingerprint density at radius 2 is 1.64 bits per heavy atom. The van der Waals surface area contributed by atoms with Crippen molar-refractivity contribution in [1.29, 1.82) is 0 Å². The first-order chi connectivity index (χ1) is 11.9. The molecule has 1 saturated carbocycles. The topological polar surface area (TPSA) is 25.8 Å². The normalized spacial score (nSPS) is 16.2. The Hall–Kier alpha value is -1.70. The van der Waals surface area contributed by atoms with Crippen LogP contribution in [0.1, 0.15) is 86.9 Å². The molecule has 0 amide bonds. The predicted octanol–water partition coefficient (Wildman–Crippen LogP) is 5.92. The quantitative estimate of drug-likeness (QED) is 0.693. The van der Waals surface area contributed by atoms with Crippen molar-refractivity contribution < 1.29 is 0 Å². The number of hydrogen-bond acceptors (Lipinski definition) is 2. The van der Waals surface area contributed by atoms with E-state index in [4.69, 9.17) is 9.97 Å². The Kier molecular flexibility index (Phi) is 5.56. The summed E-state index contributed by atoms with van der Waals surface area (Å²) in [6.45, 7) is 9.13. The molecule has 1 heterocycles. The summed E-state index contributed by atoms with van der Waals surface area (Å²) in [7, 11) is 0. The van der Waals surface area contributed by atoms with Crippen LogP contribution in [0.2, 0.25) is 0 Å². The average molecular weight is 337 g/mol. The maximum absolute atomic E-state index is 4.70. The fourth-order valence-electron chi connectivity index (χ4n) is 4.07. The molecule has 0 spiro atoms. The molecule has 0 unspecified atom stereocenters. The van der Waals surface area contributed by atoms with Crippen LogP contribution in [0.3, 0.4) is 0 Å². The summed E-state index contributed by atoms with van der Waals surface area (Å²) < 4.78 is 0. The first kappa shape index (κ1) is 18.1. The lowest BCUT2D eigenvalue weighted by Gasteiger charge is -2.24. The van der Waals surface area contributed by atoms with Crippen LogP contribution in [0, 0.1) is 6.92 Å². The predicted molar refractivity (Wildman–Crippen MR) is 105 cm³/mol. The van der Waals surface area contributed by atoms with Crippen molar-refractivity contribution >= 4 is 0 Å². The molecule has 25 heavy (non-hydrogen) atoms. The first-order valence-corrected chi connectivity index (χ1v) is 9.85. The van der Waals surface area contributed by atoms with E-state index < -0.39 is 0 Å². The number of nitrogens with zero attached hydrogens (tertiary/aromatic N) is 2. The van der Waals surface area contributed by atoms with Gasteiger partial charge in [-0.25, -0.2) is 9.97 Å². The molecule has 0 aliphatic heterocycles. The van der Waals surface area contributed by atoms with Gasteiger partial charge in [-0.15, -0.1) is 0 Å². The molecule has 2 aromatic rings. The highest BCUT2D eigenvalue weighted by molar-refractivity contribution is 5.39. The monoisotopic (exact) mass is 336 g/mol. The maximum atomic E-state index is 4.70. The summed E-state index contributed by atoms with van der Waals surface area (Å²) in [5.74, 6) is 1.65. The Bertz CT molecular complexity index is 689. The molecule has 134 valence electrons. The lowest BCUT2D eigenvalue weighted by Crippen LogP contribution is -2.15. The Morgan fingerprint density at radius 1 is 0.960 bits per heavy atom. The summed E-state index contributed by atoms with van der Waals surface area (Å²) in [4.78, 5) is 9.39. The van der Waals surface area contributed by atoms with Crippen molar-refractivity contribution in [3.63, 3.8) is 0 Å². The van der Waals surface area contributed by atoms with Crippen LogP contribution >= 0.6 is 0 Å². The van der Waals surface area contributed by atoms with Crippen molar-refractivity contribution in [2.75, 3.05) is 0 Å². The van der Waals surface area contributed by atoms with Gasteiger partial charge in [-0.2, -0.15) is 0 Å². The van der Waals surface area contributed by atoms with Crippen molar-refractivity contribution in [2.45, 2.75) is 84.0 Å². The summed E-state index contributed by atoms with van der Waals surface area (Å²) in [5, 5.41) is 0. The second-order valence-electron chi connectivity index (χ2n) is 8.64. The van der Waals surface area contributed by atoms with Crippen LogP contribution in [0.4, 0.5) is 0 Å². The van der Waals surface area contributed by atoms with Crippen LogP contribution in [-0.4, -0.2) is 9.97 Å². The summed E-state index contributed by atoms with van der Waals surface area (Å²) >= 11 is 0. The fraction of sp³-hybridized carbons (Fsp3) is 0.565. The smallest absolute Gasteiger partial charge is 0.131 e. The highest BCUT2D eigenvalue weighted by Crippen LogP contribution is 2.31. The number of aryl methyl sites for hydroxylation is 2.